The average Bonchev–Trinajstić information content (AvgIpc) is 2.52. The van der Waals surface area contributed by atoms with Crippen LogP contribution in [0, 0.1) is 13.8 Å². The van der Waals surface area contributed by atoms with E-state index in [1.807, 2.05) is 49.9 Å². The molecule has 23 heavy (non-hydrogen) atoms. The monoisotopic (exact) mass is 330 g/mol. The molecule has 1 saturated heterocycles. The van der Waals surface area contributed by atoms with Crippen molar-refractivity contribution in [3.63, 3.8) is 0 Å². The fourth-order valence-electron chi connectivity index (χ4n) is 2.87. The molecule has 0 bridgehead atoms. The van der Waals surface area contributed by atoms with Gasteiger partial charge in [0.2, 0.25) is 0 Å². The van der Waals surface area contributed by atoms with Gasteiger partial charge in [0.05, 0.1) is 22.4 Å². The molecular weight excluding hydrogens is 308 g/mol. The number of nitrogens with one attached hydrogen (secondary N) is 1. The molecule has 122 valence electrons. The van der Waals surface area contributed by atoms with E-state index < -0.39 is 5.60 Å². The van der Waals surface area contributed by atoms with E-state index in [1.54, 1.807) is 0 Å². The average molecular weight is 330 g/mol. The highest BCUT2D eigenvalue weighted by atomic mass is 32.2. The van der Waals surface area contributed by atoms with Gasteiger partial charge < -0.3 is 10.4 Å². The number of fused-ring (bicyclic) bond motifs is 1. The molecule has 0 spiro atoms. The Balaban J connectivity index is 1.77. The number of pyridine rings is 1. The van der Waals surface area contributed by atoms with Gasteiger partial charge in [-0.15, -0.1) is 0 Å². The molecule has 0 atom stereocenters. The Morgan fingerprint density at radius 2 is 2.04 bits per heavy atom. The van der Waals surface area contributed by atoms with Crippen LogP contribution in [0.1, 0.15) is 34.5 Å². The van der Waals surface area contributed by atoms with Crippen molar-refractivity contribution in [1.29, 1.82) is 0 Å². The third-order valence-electron chi connectivity index (χ3n) is 4.41. The number of rotatable bonds is 3. The summed E-state index contributed by atoms with van der Waals surface area (Å²) in [5.74, 6) is 1.73. The first-order valence-electron chi connectivity index (χ1n) is 7.93. The van der Waals surface area contributed by atoms with E-state index in [2.05, 4.69) is 10.3 Å². The molecule has 1 aromatic heterocycles. The molecule has 1 aliphatic heterocycles. The van der Waals surface area contributed by atoms with Gasteiger partial charge in [0.15, 0.2) is 0 Å². The van der Waals surface area contributed by atoms with E-state index in [-0.39, 0.29) is 5.91 Å². The second-order valence-corrected chi connectivity index (χ2v) is 7.56. The Hall–Kier alpha value is -1.59. The predicted molar refractivity (Wildman–Crippen MR) is 95.1 cm³/mol. The number of benzene rings is 1. The molecule has 2 N–H and O–H groups in total. The second kappa shape index (κ2) is 6.49. The van der Waals surface area contributed by atoms with Crippen molar-refractivity contribution in [2.45, 2.75) is 32.3 Å². The Bertz CT molecular complexity index is 739. The molecule has 4 nitrogen and oxygen atoms in total. The lowest BCUT2D eigenvalue weighted by Gasteiger charge is -2.31. The number of nitrogens with zero attached hydrogens (tertiary/aromatic N) is 1. The lowest BCUT2D eigenvalue weighted by molar-refractivity contribution is 0.0311. The van der Waals surface area contributed by atoms with Crippen LogP contribution < -0.4 is 5.32 Å². The summed E-state index contributed by atoms with van der Waals surface area (Å²) in [6, 6.07) is 7.91. The van der Waals surface area contributed by atoms with Crippen LogP contribution in [-0.4, -0.2) is 39.6 Å². The summed E-state index contributed by atoms with van der Waals surface area (Å²) in [5.41, 5.74) is 2.58. The van der Waals surface area contributed by atoms with E-state index in [1.165, 1.54) is 0 Å². The van der Waals surface area contributed by atoms with Crippen molar-refractivity contribution < 1.29 is 9.90 Å². The highest BCUT2D eigenvalue weighted by Gasteiger charge is 2.30. The highest BCUT2D eigenvalue weighted by molar-refractivity contribution is 7.99. The van der Waals surface area contributed by atoms with Gasteiger partial charge in [0.25, 0.3) is 5.91 Å². The summed E-state index contributed by atoms with van der Waals surface area (Å²) < 4.78 is 0. The molecule has 1 amide bonds. The minimum Gasteiger partial charge on any atom is -0.388 e. The Morgan fingerprint density at radius 3 is 2.78 bits per heavy atom. The Morgan fingerprint density at radius 1 is 1.30 bits per heavy atom. The van der Waals surface area contributed by atoms with Crippen molar-refractivity contribution in [3.8, 4) is 0 Å². The molecule has 0 aliphatic carbocycles. The summed E-state index contributed by atoms with van der Waals surface area (Å²) in [4.78, 5) is 17.0. The van der Waals surface area contributed by atoms with Gasteiger partial charge in [-0.25, -0.2) is 0 Å². The van der Waals surface area contributed by atoms with E-state index in [4.69, 9.17) is 0 Å². The van der Waals surface area contributed by atoms with E-state index in [0.717, 1.165) is 40.8 Å². The van der Waals surface area contributed by atoms with E-state index >= 15 is 0 Å². The summed E-state index contributed by atoms with van der Waals surface area (Å²) in [7, 11) is 0. The molecule has 0 radical (unpaired) electrons. The van der Waals surface area contributed by atoms with Crippen LogP contribution in [-0.2, 0) is 0 Å². The number of amides is 1. The number of aliphatic hydroxyl groups is 1. The van der Waals surface area contributed by atoms with Crippen LogP contribution >= 0.6 is 11.8 Å². The van der Waals surface area contributed by atoms with Crippen molar-refractivity contribution in [2.24, 2.45) is 0 Å². The van der Waals surface area contributed by atoms with Crippen LogP contribution in [0.4, 0.5) is 0 Å². The maximum absolute atomic E-state index is 12.5. The second-order valence-electron chi connectivity index (χ2n) is 6.34. The topological polar surface area (TPSA) is 62.2 Å². The first kappa shape index (κ1) is 16.3. The molecule has 1 aliphatic rings. The van der Waals surface area contributed by atoms with Gasteiger partial charge in [-0.2, -0.15) is 11.8 Å². The molecular formula is C18H22N2O2S. The van der Waals surface area contributed by atoms with Gasteiger partial charge in [0.1, 0.15) is 0 Å². The van der Waals surface area contributed by atoms with Gasteiger partial charge in [-0.1, -0.05) is 12.1 Å². The van der Waals surface area contributed by atoms with Crippen LogP contribution in [0.3, 0.4) is 0 Å². The first-order chi connectivity index (χ1) is 11.0. The van der Waals surface area contributed by atoms with Crippen LogP contribution in [0.25, 0.3) is 10.9 Å². The summed E-state index contributed by atoms with van der Waals surface area (Å²) in [5, 5.41) is 14.3. The maximum Gasteiger partial charge on any atom is 0.253 e. The summed E-state index contributed by atoms with van der Waals surface area (Å²) in [6.45, 7) is 4.18. The lowest BCUT2D eigenvalue weighted by Crippen LogP contribution is -2.45. The zero-order valence-electron chi connectivity index (χ0n) is 13.6. The number of aryl methyl sites for hydroxylation is 2. The smallest absolute Gasteiger partial charge is 0.253 e. The number of hydrogen-bond donors (Lipinski definition) is 2. The Labute approximate surface area is 140 Å². The van der Waals surface area contributed by atoms with Crippen LogP contribution in [0.2, 0.25) is 0 Å². The SMILES string of the molecule is Cc1ccc2cc(C(=O)NCC3(O)CCSCC3)c(C)nc2c1. The summed E-state index contributed by atoms with van der Waals surface area (Å²) in [6.07, 6.45) is 1.46. The molecule has 5 heteroatoms. The third kappa shape index (κ3) is 3.67. The first-order valence-corrected chi connectivity index (χ1v) is 9.09. The fourth-order valence-corrected chi connectivity index (χ4v) is 4.12. The summed E-state index contributed by atoms with van der Waals surface area (Å²) >= 11 is 1.85. The van der Waals surface area contributed by atoms with E-state index in [9.17, 15) is 9.90 Å². The van der Waals surface area contributed by atoms with Gasteiger partial charge in [-0.3, -0.25) is 9.78 Å². The largest absolute Gasteiger partial charge is 0.388 e. The van der Waals surface area contributed by atoms with Crippen molar-refractivity contribution in [2.75, 3.05) is 18.1 Å². The van der Waals surface area contributed by atoms with Gasteiger partial charge >= 0.3 is 0 Å². The van der Waals surface area contributed by atoms with Crippen LogP contribution in [0.5, 0.6) is 0 Å². The number of carbonyl (C=O) groups excluding carboxylic acids is 1. The number of thioether (sulfide) groups is 1. The molecule has 2 heterocycles. The lowest BCUT2D eigenvalue weighted by atomic mass is 9.96. The molecule has 3 rings (SSSR count). The normalized spacial score (nSPS) is 17.2. The molecule has 2 aromatic rings. The number of carbonyl (C=O) groups is 1. The molecule has 1 fully saturated rings. The molecule has 0 saturated carbocycles. The predicted octanol–water partition coefficient (Wildman–Crippen LogP) is 2.84. The maximum atomic E-state index is 12.5. The zero-order chi connectivity index (χ0) is 16.4. The standard InChI is InChI=1S/C18H22N2O2S/c1-12-3-4-14-10-15(13(2)20-16(14)9-12)17(21)19-11-18(22)5-7-23-8-6-18/h3-4,9-10,22H,5-8,11H2,1-2H3,(H,19,21). The minimum atomic E-state index is -0.768. The number of aromatic nitrogens is 1. The molecule has 1 aromatic carbocycles. The molecule has 0 unspecified atom stereocenters. The van der Waals surface area contributed by atoms with Crippen LogP contribution in [0.15, 0.2) is 24.3 Å². The Kier molecular flexibility index (Phi) is 4.60. The highest BCUT2D eigenvalue weighted by Crippen LogP contribution is 2.26. The third-order valence-corrected chi connectivity index (χ3v) is 5.40. The minimum absolute atomic E-state index is 0.163. The van der Waals surface area contributed by atoms with Gasteiger partial charge in [0, 0.05) is 11.9 Å². The van der Waals surface area contributed by atoms with Gasteiger partial charge in [-0.05, 0) is 55.9 Å². The zero-order valence-corrected chi connectivity index (χ0v) is 14.4. The number of hydrogen-bond acceptors (Lipinski definition) is 4. The van der Waals surface area contributed by atoms with Crippen molar-refractivity contribution in [3.05, 3.63) is 41.1 Å². The fraction of sp³-hybridized carbons (Fsp3) is 0.444. The quantitative estimate of drug-likeness (QED) is 0.908. The van der Waals surface area contributed by atoms with E-state index in [0.29, 0.717) is 17.8 Å². The van der Waals surface area contributed by atoms with Crippen molar-refractivity contribution in [1.82, 2.24) is 10.3 Å². The van der Waals surface area contributed by atoms with Crippen molar-refractivity contribution >= 4 is 28.6 Å².